The first-order valence-corrected chi connectivity index (χ1v) is 5.34. The molecule has 0 fully saturated rings. The fourth-order valence-corrected chi connectivity index (χ4v) is 1.51. The number of hydrogen-bond acceptors (Lipinski definition) is 1. The van der Waals surface area contributed by atoms with Crippen LogP contribution in [0.1, 0.15) is 15.9 Å². The quantitative estimate of drug-likeness (QED) is 0.769. The summed E-state index contributed by atoms with van der Waals surface area (Å²) in [6.07, 6.45) is -4.39. The molecular weight excluding hydrogens is 255 g/mol. The summed E-state index contributed by atoms with van der Waals surface area (Å²) in [5.41, 5.74) is 0.896. The summed E-state index contributed by atoms with van der Waals surface area (Å²) in [5, 5.41) is 0. The van der Waals surface area contributed by atoms with E-state index in [0.29, 0.717) is 10.5 Å². The molecule has 6 heteroatoms. The van der Waals surface area contributed by atoms with Crippen LogP contribution in [-0.4, -0.2) is 30.6 Å². The van der Waals surface area contributed by atoms with Crippen LogP contribution in [0.4, 0.5) is 13.2 Å². The van der Waals surface area contributed by atoms with E-state index in [1.165, 1.54) is 12.1 Å². The van der Waals surface area contributed by atoms with Crippen molar-refractivity contribution >= 4 is 17.5 Å². The Labute approximate surface area is 102 Å². The highest BCUT2D eigenvalue weighted by Gasteiger charge is 2.31. The van der Waals surface area contributed by atoms with Gasteiger partial charge in [-0.3, -0.25) is 4.79 Å². The third-order valence-electron chi connectivity index (χ3n) is 2.09. The summed E-state index contributed by atoms with van der Waals surface area (Å²) in [5.74, 6) is -0.460. The van der Waals surface area contributed by atoms with Gasteiger partial charge in [0.05, 0.1) is 0 Å². The van der Waals surface area contributed by atoms with E-state index in [0.717, 1.165) is 7.05 Å². The Morgan fingerprint density at radius 1 is 1.41 bits per heavy atom. The largest absolute Gasteiger partial charge is 0.406 e. The van der Waals surface area contributed by atoms with E-state index >= 15 is 0 Å². The van der Waals surface area contributed by atoms with Crippen LogP contribution >= 0.6 is 11.6 Å². The highest BCUT2D eigenvalue weighted by Crippen LogP contribution is 2.17. The third-order valence-corrected chi connectivity index (χ3v) is 2.40. The predicted molar refractivity (Wildman–Crippen MR) is 59.0 cm³/mol. The van der Waals surface area contributed by atoms with Gasteiger partial charge in [0.1, 0.15) is 6.54 Å². The van der Waals surface area contributed by atoms with Gasteiger partial charge in [0.2, 0.25) is 0 Å². The maximum atomic E-state index is 12.1. The summed E-state index contributed by atoms with van der Waals surface area (Å²) >= 11 is 5.58. The third kappa shape index (κ3) is 4.26. The molecule has 0 aliphatic rings. The average Bonchev–Trinajstić information content (AvgIpc) is 2.26. The van der Waals surface area contributed by atoms with Crippen molar-refractivity contribution in [1.82, 2.24) is 4.90 Å². The molecule has 94 valence electrons. The van der Waals surface area contributed by atoms with Crippen LogP contribution in [-0.2, 0) is 5.88 Å². The van der Waals surface area contributed by atoms with Crippen LogP contribution in [0, 0.1) is 0 Å². The van der Waals surface area contributed by atoms with E-state index in [4.69, 9.17) is 11.6 Å². The molecule has 0 aliphatic heterocycles. The molecule has 1 amide bonds. The van der Waals surface area contributed by atoms with Gasteiger partial charge in [0.15, 0.2) is 0 Å². The summed E-state index contributed by atoms with van der Waals surface area (Å²) in [4.78, 5) is 12.3. The molecule has 17 heavy (non-hydrogen) atoms. The molecule has 0 N–H and O–H groups in total. The number of rotatable bonds is 3. The van der Waals surface area contributed by atoms with Gasteiger partial charge in [-0.15, -0.1) is 11.6 Å². The second kappa shape index (κ2) is 5.40. The topological polar surface area (TPSA) is 20.3 Å². The highest BCUT2D eigenvalue weighted by molar-refractivity contribution is 6.17. The molecule has 0 spiro atoms. The van der Waals surface area contributed by atoms with Crippen molar-refractivity contribution in [3.63, 3.8) is 0 Å². The summed E-state index contributed by atoms with van der Waals surface area (Å²) < 4.78 is 36.3. The first-order valence-electron chi connectivity index (χ1n) is 4.80. The Balaban J connectivity index is 2.81. The van der Waals surface area contributed by atoms with Crippen molar-refractivity contribution in [2.24, 2.45) is 0 Å². The van der Waals surface area contributed by atoms with Crippen molar-refractivity contribution in [2.45, 2.75) is 12.1 Å². The maximum Gasteiger partial charge on any atom is 0.406 e. The second-order valence-corrected chi connectivity index (χ2v) is 3.88. The normalized spacial score (nSPS) is 11.4. The molecular formula is C11H11ClF3NO. The molecule has 0 bridgehead atoms. The molecule has 1 aromatic rings. The molecule has 0 aromatic heterocycles. The molecule has 1 aromatic carbocycles. The molecule has 2 nitrogen and oxygen atoms in total. The highest BCUT2D eigenvalue weighted by atomic mass is 35.5. The molecule has 0 saturated carbocycles. The van der Waals surface area contributed by atoms with Crippen LogP contribution in [0.15, 0.2) is 24.3 Å². The fraction of sp³-hybridized carbons (Fsp3) is 0.364. The number of carbonyl (C=O) groups excluding carboxylic acids is 1. The summed E-state index contributed by atoms with van der Waals surface area (Å²) in [6, 6.07) is 6.24. The lowest BCUT2D eigenvalue weighted by Crippen LogP contribution is -2.35. The zero-order chi connectivity index (χ0) is 13.1. The van der Waals surface area contributed by atoms with E-state index in [1.807, 2.05) is 0 Å². The van der Waals surface area contributed by atoms with Crippen molar-refractivity contribution in [1.29, 1.82) is 0 Å². The van der Waals surface area contributed by atoms with Crippen molar-refractivity contribution < 1.29 is 18.0 Å². The standard InChI is InChI=1S/C11H11ClF3NO/c1-16(7-11(13,14)15)10(17)9-4-2-3-8(5-9)6-12/h2-5H,6-7H2,1H3. The first kappa shape index (κ1) is 13.8. The molecule has 0 heterocycles. The van der Waals surface area contributed by atoms with Crippen LogP contribution in [0.2, 0.25) is 0 Å². The maximum absolute atomic E-state index is 12.1. The second-order valence-electron chi connectivity index (χ2n) is 3.61. The van der Waals surface area contributed by atoms with E-state index in [-0.39, 0.29) is 11.4 Å². The lowest BCUT2D eigenvalue weighted by Gasteiger charge is -2.19. The SMILES string of the molecule is CN(CC(F)(F)F)C(=O)c1cccc(CCl)c1. The van der Waals surface area contributed by atoms with Crippen molar-refractivity contribution in [3.8, 4) is 0 Å². The Hall–Kier alpha value is -1.23. The van der Waals surface area contributed by atoms with E-state index < -0.39 is 18.6 Å². The minimum absolute atomic E-state index is 0.204. The van der Waals surface area contributed by atoms with Crippen LogP contribution in [0.25, 0.3) is 0 Å². The number of nitrogens with zero attached hydrogens (tertiary/aromatic N) is 1. The summed E-state index contributed by atoms with van der Waals surface area (Å²) in [6.45, 7) is -1.27. The van der Waals surface area contributed by atoms with E-state index in [2.05, 4.69) is 0 Å². The minimum Gasteiger partial charge on any atom is -0.333 e. The van der Waals surface area contributed by atoms with E-state index in [9.17, 15) is 18.0 Å². The molecule has 0 unspecified atom stereocenters. The smallest absolute Gasteiger partial charge is 0.333 e. The van der Waals surface area contributed by atoms with Gasteiger partial charge in [-0.25, -0.2) is 0 Å². The lowest BCUT2D eigenvalue weighted by molar-refractivity contribution is -0.138. The molecule has 1 rings (SSSR count). The van der Waals surface area contributed by atoms with Crippen molar-refractivity contribution in [2.75, 3.05) is 13.6 Å². The van der Waals surface area contributed by atoms with Crippen LogP contribution in [0.5, 0.6) is 0 Å². The molecule has 0 radical (unpaired) electrons. The van der Waals surface area contributed by atoms with E-state index in [1.54, 1.807) is 12.1 Å². The van der Waals surface area contributed by atoms with Gasteiger partial charge in [-0.05, 0) is 17.7 Å². The fourth-order valence-electron chi connectivity index (χ4n) is 1.35. The lowest BCUT2D eigenvalue weighted by atomic mass is 10.1. The number of alkyl halides is 4. The minimum atomic E-state index is -4.39. The molecule has 0 atom stereocenters. The Kier molecular flexibility index (Phi) is 4.40. The predicted octanol–water partition coefficient (Wildman–Crippen LogP) is 3.06. The van der Waals surface area contributed by atoms with Gasteiger partial charge in [0.25, 0.3) is 5.91 Å². The number of hydrogen-bond donors (Lipinski definition) is 0. The number of carbonyl (C=O) groups is 1. The Morgan fingerprint density at radius 2 is 2.06 bits per heavy atom. The summed E-state index contributed by atoms with van der Waals surface area (Å²) in [7, 11) is 1.11. The number of amides is 1. The number of halogens is 4. The monoisotopic (exact) mass is 265 g/mol. The van der Waals surface area contributed by atoms with Gasteiger partial charge >= 0.3 is 6.18 Å². The van der Waals surface area contributed by atoms with Gasteiger partial charge in [-0.2, -0.15) is 13.2 Å². The molecule has 0 aliphatic carbocycles. The average molecular weight is 266 g/mol. The van der Waals surface area contributed by atoms with Crippen LogP contribution < -0.4 is 0 Å². The zero-order valence-electron chi connectivity index (χ0n) is 9.09. The first-order chi connectivity index (χ1) is 7.83. The Bertz CT molecular complexity index is 406. The Morgan fingerprint density at radius 3 is 2.59 bits per heavy atom. The van der Waals surface area contributed by atoms with Crippen LogP contribution in [0.3, 0.4) is 0 Å². The van der Waals surface area contributed by atoms with Gasteiger partial charge in [-0.1, -0.05) is 12.1 Å². The van der Waals surface area contributed by atoms with Gasteiger partial charge < -0.3 is 4.90 Å². The zero-order valence-corrected chi connectivity index (χ0v) is 9.85. The van der Waals surface area contributed by atoms with Gasteiger partial charge in [0, 0.05) is 18.5 Å². The number of benzene rings is 1. The van der Waals surface area contributed by atoms with Crippen molar-refractivity contribution in [3.05, 3.63) is 35.4 Å². The molecule has 0 saturated heterocycles.